The number of rotatable bonds is 6. The van der Waals surface area contributed by atoms with Gasteiger partial charge in [0.25, 0.3) is 0 Å². The van der Waals surface area contributed by atoms with Crippen molar-refractivity contribution in [2.45, 2.75) is 36.6 Å². The Hall–Kier alpha value is -2.01. The molecular formula is C19H21NO3S. The van der Waals surface area contributed by atoms with Crippen molar-refractivity contribution in [2.75, 3.05) is 12.8 Å². The van der Waals surface area contributed by atoms with Crippen molar-refractivity contribution in [1.29, 1.82) is 0 Å². The van der Waals surface area contributed by atoms with Crippen LogP contribution in [0.2, 0.25) is 0 Å². The molecule has 0 N–H and O–H groups in total. The maximum Gasteiger partial charge on any atom is 0.230 e. The first kappa shape index (κ1) is 16.8. The van der Waals surface area contributed by atoms with Crippen LogP contribution in [0.5, 0.6) is 0 Å². The molecule has 0 saturated carbocycles. The molecule has 126 valence electrons. The zero-order chi connectivity index (χ0) is 16.9. The molecular weight excluding hydrogens is 322 g/mol. The van der Waals surface area contributed by atoms with Crippen LogP contribution in [0.3, 0.4) is 0 Å². The summed E-state index contributed by atoms with van der Waals surface area (Å²) in [6, 6.07) is 11.3. The number of carbonyl (C=O) groups is 2. The normalized spacial score (nSPS) is 17.2. The molecule has 0 unspecified atom stereocenters. The Morgan fingerprint density at radius 3 is 2.71 bits per heavy atom. The van der Waals surface area contributed by atoms with Gasteiger partial charge in [-0.05, 0) is 43.4 Å². The molecule has 1 aliphatic heterocycles. The maximum atomic E-state index is 12.5. The fourth-order valence-electron chi connectivity index (χ4n) is 3.15. The minimum Gasteiger partial charge on any atom is -0.469 e. The Balaban J connectivity index is 1.62. The van der Waals surface area contributed by atoms with Crippen LogP contribution in [0.1, 0.15) is 35.4 Å². The van der Waals surface area contributed by atoms with Gasteiger partial charge >= 0.3 is 0 Å². The first-order chi connectivity index (χ1) is 11.7. The molecule has 0 radical (unpaired) electrons. The third-order valence-electron chi connectivity index (χ3n) is 4.44. The molecule has 2 aromatic rings. The van der Waals surface area contributed by atoms with Crippen molar-refractivity contribution >= 4 is 23.5 Å². The van der Waals surface area contributed by atoms with E-state index in [4.69, 9.17) is 4.42 Å². The highest BCUT2D eigenvalue weighted by atomic mass is 32.2. The number of benzene rings is 1. The average Bonchev–Trinajstić information content (AvgIpc) is 3.26. The lowest BCUT2D eigenvalue weighted by Crippen LogP contribution is -2.37. The lowest BCUT2D eigenvalue weighted by atomic mass is 10.0. The molecule has 1 atom stereocenters. The molecule has 3 rings (SSSR count). The minimum absolute atomic E-state index is 0.000175. The van der Waals surface area contributed by atoms with Gasteiger partial charge in [0.1, 0.15) is 5.76 Å². The van der Waals surface area contributed by atoms with Crippen LogP contribution in [-0.4, -0.2) is 35.4 Å². The number of likely N-dealkylation sites (tertiary alicyclic amines) is 1. The summed E-state index contributed by atoms with van der Waals surface area (Å²) in [7, 11) is 0. The highest BCUT2D eigenvalue weighted by molar-refractivity contribution is 7.98. The molecule has 5 heteroatoms. The molecule has 1 aromatic heterocycles. The predicted molar refractivity (Wildman–Crippen MR) is 94.3 cm³/mol. The fraction of sp³-hybridized carbons (Fsp3) is 0.368. The molecule has 0 bridgehead atoms. The van der Waals surface area contributed by atoms with Gasteiger partial charge in [-0.1, -0.05) is 12.1 Å². The summed E-state index contributed by atoms with van der Waals surface area (Å²) < 4.78 is 5.25. The fourth-order valence-corrected chi connectivity index (χ4v) is 3.56. The Kier molecular flexibility index (Phi) is 5.41. The average molecular weight is 343 g/mol. The van der Waals surface area contributed by atoms with Gasteiger partial charge in [-0.15, -0.1) is 11.8 Å². The van der Waals surface area contributed by atoms with Gasteiger partial charge in [0.05, 0.1) is 12.7 Å². The smallest absolute Gasteiger partial charge is 0.230 e. The van der Waals surface area contributed by atoms with Crippen LogP contribution in [0, 0.1) is 0 Å². The summed E-state index contributed by atoms with van der Waals surface area (Å²) in [4.78, 5) is 28.0. The second-order valence-corrected chi connectivity index (χ2v) is 6.87. The molecule has 1 aliphatic rings. The highest BCUT2D eigenvalue weighted by Gasteiger charge is 2.30. The second-order valence-electron chi connectivity index (χ2n) is 6.00. The van der Waals surface area contributed by atoms with Crippen molar-refractivity contribution < 1.29 is 14.0 Å². The zero-order valence-electron chi connectivity index (χ0n) is 13.7. The van der Waals surface area contributed by atoms with E-state index in [9.17, 15) is 9.59 Å². The lowest BCUT2D eigenvalue weighted by molar-refractivity contribution is -0.131. The van der Waals surface area contributed by atoms with Crippen molar-refractivity contribution in [2.24, 2.45) is 0 Å². The van der Waals surface area contributed by atoms with Crippen molar-refractivity contribution in [3.8, 4) is 0 Å². The monoisotopic (exact) mass is 343 g/mol. The topological polar surface area (TPSA) is 50.5 Å². The summed E-state index contributed by atoms with van der Waals surface area (Å²) in [6.45, 7) is 0.725. The lowest BCUT2D eigenvalue weighted by Gasteiger charge is -2.24. The molecule has 1 aromatic carbocycles. The number of hydrogen-bond acceptors (Lipinski definition) is 4. The number of furan rings is 1. The van der Waals surface area contributed by atoms with Gasteiger partial charge in [-0.2, -0.15) is 0 Å². The molecule has 0 aliphatic carbocycles. The van der Waals surface area contributed by atoms with Crippen LogP contribution >= 0.6 is 11.8 Å². The Morgan fingerprint density at radius 1 is 1.25 bits per heavy atom. The Morgan fingerprint density at radius 2 is 2.04 bits per heavy atom. The summed E-state index contributed by atoms with van der Waals surface area (Å²) in [6.07, 6.45) is 6.08. The van der Waals surface area contributed by atoms with Gasteiger partial charge in [0, 0.05) is 29.5 Å². The second kappa shape index (κ2) is 7.71. The molecule has 1 saturated heterocycles. The van der Waals surface area contributed by atoms with Gasteiger partial charge in [-0.25, -0.2) is 0 Å². The third kappa shape index (κ3) is 3.90. The first-order valence-electron chi connectivity index (χ1n) is 8.16. The third-order valence-corrected chi connectivity index (χ3v) is 5.18. The molecule has 1 fully saturated rings. The van der Waals surface area contributed by atoms with Crippen LogP contribution < -0.4 is 0 Å². The van der Waals surface area contributed by atoms with E-state index in [1.165, 1.54) is 0 Å². The number of Topliss-reactive ketones (excluding diaryl/α,β-unsaturated/α-hetero) is 1. The van der Waals surface area contributed by atoms with Gasteiger partial charge in [0.15, 0.2) is 5.78 Å². The van der Waals surface area contributed by atoms with Crippen molar-refractivity contribution in [3.05, 3.63) is 54.0 Å². The molecule has 0 spiro atoms. The van der Waals surface area contributed by atoms with E-state index in [1.54, 1.807) is 30.2 Å². The summed E-state index contributed by atoms with van der Waals surface area (Å²) in [5.74, 6) is 0.813. The Bertz CT molecular complexity index is 694. The van der Waals surface area contributed by atoms with Gasteiger partial charge < -0.3 is 9.32 Å². The van der Waals surface area contributed by atoms with Crippen LogP contribution in [0.4, 0.5) is 0 Å². The number of nitrogens with zero attached hydrogens (tertiary/aromatic N) is 1. The number of hydrogen-bond donors (Lipinski definition) is 0. The number of thioether (sulfide) groups is 1. The van der Waals surface area contributed by atoms with Crippen LogP contribution in [0.25, 0.3) is 0 Å². The number of ketones is 1. The number of carbonyl (C=O) groups excluding carboxylic acids is 2. The zero-order valence-corrected chi connectivity index (χ0v) is 14.6. The first-order valence-corrected chi connectivity index (χ1v) is 9.39. The molecule has 24 heavy (non-hydrogen) atoms. The van der Waals surface area contributed by atoms with E-state index in [0.717, 1.165) is 29.8 Å². The van der Waals surface area contributed by atoms with E-state index in [-0.39, 0.29) is 24.2 Å². The Labute approximate surface area is 146 Å². The highest BCUT2D eigenvalue weighted by Crippen LogP contribution is 2.24. The molecule has 1 amide bonds. The maximum absolute atomic E-state index is 12.5. The SMILES string of the molecule is CSc1ccc(C(=O)C[C@@H]2CCCN2C(=O)Cc2ccco2)cc1. The minimum atomic E-state index is 0.000175. The summed E-state index contributed by atoms with van der Waals surface area (Å²) >= 11 is 1.65. The molecule has 2 heterocycles. The van der Waals surface area contributed by atoms with E-state index in [2.05, 4.69) is 0 Å². The van der Waals surface area contributed by atoms with Crippen molar-refractivity contribution in [3.63, 3.8) is 0 Å². The number of amides is 1. The predicted octanol–water partition coefficient (Wildman–Crippen LogP) is 3.81. The van der Waals surface area contributed by atoms with Crippen molar-refractivity contribution in [1.82, 2.24) is 4.90 Å². The van der Waals surface area contributed by atoms with E-state index < -0.39 is 0 Å². The summed E-state index contributed by atoms with van der Waals surface area (Å²) in [5.41, 5.74) is 0.720. The van der Waals surface area contributed by atoms with E-state index in [1.807, 2.05) is 35.4 Å². The van der Waals surface area contributed by atoms with E-state index in [0.29, 0.717) is 12.2 Å². The van der Waals surface area contributed by atoms with Gasteiger partial charge in [0.2, 0.25) is 5.91 Å². The molecule has 4 nitrogen and oxygen atoms in total. The van der Waals surface area contributed by atoms with Gasteiger partial charge in [-0.3, -0.25) is 9.59 Å². The van der Waals surface area contributed by atoms with E-state index >= 15 is 0 Å². The van der Waals surface area contributed by atoms with Crippen LogP contribution in [0.15, 0.2) is 52.0 Å². The standard InChI is InChI=1S/C19H21NO3S/c1-24-17-8-6-14(7-9-17)18(21)12-15-4-2-10-20(15)19(22)13-16-5-3-11-23-16/h3,5-9,11,15H,2,4,10,12-13H2,1H3/t15-/m0/s1. The quantitative estimate of drug-likeness (QED) is 0.591. The largest absolute Gasteiger partial charge is 0.469 e. The summed E-state index contributed by atoms with van der Waals surface area (Å²) in [5, 5.41) is 0. The van der Waals surface area contributed by atoms with Crippen LogP contribution in [-0.2, 0) is 11.2 Å².